The number of guanidine groups is 1. The third-order valence-electron chi connectivity index (χ3n) is 1.90. The quantitative estimate of drug-likeness (QED) is 0.534. The maximum atomic E-state index is 10.6. The Balaban J connectivity index is 2.08. The summed E-state index contributed by atoms with van der Waals surface area (Å²) in [6.07, 6.45) is 0. The number of hydrogen-bond donors (Lipinski definition) is 0. The zero-order valence-electron chi connectivity index (χ0n) is 7.87. The van der Waals surface area contributed by atoms with E-state index in [-0.39, 0.29) is 5.96 Å². The molecular weight excluding hydrogens is 198 g/mol. The maximum Gasteiger partial charge on any atom is 0.461 e. The van der Waals surface area contributed by atoms with Crippen LogP contribution in [0.3, 0.4) is 0 Å². The monoisotopic (exact) mass is 207 g/mol. The van der Waals surface area contributed by atoms with Crippen molar-refractivity contribution in [1.29, 1.82) is 0 Å². The van der Waals surface area contributed by atoms with Crippen molar-refractivity contribution in [3.8, 4) is 5.75 Å². The summed E-state index contributed by atoms with van der Waals surface area (Å²) in [5.41, 5.74) is 0. The van der Waals surface area contributed by atoms with Gasteiger partial charge in [0.2, 0.25) is 0 Å². The van der Waals surface area contributed by atoms with E-state index in [1.807, 2.05) is 6.07 Å². The summed E-state index contributed by atoms with van der Waals surface area (Å²) in [4.78, 5) is 19.1. The summed E-state index contributed by atoms with van der Waals surface area (Å²) in [7, 11) is 0. The predicted molar refractivity (Wildman–Crippen MR) is 53.1 cm³/mol. The van der Waals surface area contributed by atoms with Crippen molar-refractivity contribution < 1.29 is 9.76 Å². The second-order valence-corrected chi connectivity index (χ2v) is 2.95. The molecule has 0 saturated heterocycles. The Morgan fingerprint density at radius 3 is 2.80 bits per heavy atom. The molecule has 1 aromatic carbocycles. The van der Waals surface area contributed by atoms with E-state index < -0.39 is 4.92 Å². The summed E-state index contributed by atoms with van der Waals surface area (Å²) >= 11 is 0. The number of para-hydroxylation sites is 1. The molecule has 0 aliphatic carbocycles. The molecule has 6 nitrogen and oxygen atoms in total. The Kier molecular flexibility index (Phi) is 2.49. The molecule has 0 saturated carbocycles. The SMILES string of the molecule is O=[N+]([O-])C1=NCCN1Oc1ccccc1. The molecule has 0 aromatic heterocycles. The van der Waals surface area contributed by atoms with E-state index in [1.54, 1.807) is 24.3 Å². The molecule has 0 N–H and O–H groups in total. The minimum Gasteiger partial charge on any atom is -0.390 e. The lowest BCUT2D eigenvalue weighted by molar-refractivity contribution is -0.372. The van der Waals surface area contributed by atoms with E-state index in [2.05, 4.69) is 4.99 Å². The third kappa shape index (κ3) is 2.04. The van der Waals surface area contributed by atoms with Gasteiger partial charge in [0.25, 0.3) is 0 Å². The molecule has 1 aromatic rings. The number of nitro groups is 1. The normalized spacial score (nSPS) is 14.9. The van der Waals surface area contributed by atoms with Gasteiger partial charge in [0, 0.05) is 0 Å². The lowest BCUT2D eigenvalue weighted by Gasteiger charge is -2.12. The van der Waals surface area contributed by atoms with Crippen LogP contribution in [-0.4, -0.2) is 29.0 Å². The molecule has 2 rings (SSSR count). The molecule has 0 unspecified atom stereocenters. The van der Waals surface area contributed by atoms with Crippen molar-refractivity contribution in [2.45, 2.75) is 0 Å². The van der Waals surface area contributed by atoms with Crippen molar-refractivity contribution in [2.75, 3.05) is 13.1 Å². The Morgan fingerprint density at radius 1 is 1.40 bits per heavy atom. The summed E-state index contributed by atoms with van der Waals surface area (Å²) in [5.74, 6) is 0.327. The van der Waals surface area contributed by atoms with Gasteiger partial charge >= 0.3 is 5.96 Å². The van der Waals surface area contributed by atoms with Crippen LogP contribution in [0.25, 0.3) is 0 Å². The lowest BCUT2D eigenvalue weighted by Crippen LogP contribution is -2.35. The summed E-state index contributed by atoms with van der Waals surface area (Å²) < 4.78 is 0. The fraction of sp³-hybridized carbons (Fsp3) is 0.222. The van der Waals surface area contributed by atoms with E-state index in [1.165, 1.54) is 5.06 Å². The highest BCUT2D eigenvalue weighted by molar-refractivity contribution is 5.72. The number of hydroxylamine groups is 2. The molecule has 15 heavy (non-hydrogen) atoms. The summed E-state index contributed by atoms with van der Waals surface area (Å²) in [5, 5.41) is 11.7. The van der Waals surface area contributed by atoms with Crippen LogP contribution in [0.15, 0.2) is 35.3 Å². The highest BCUT2D eigenvalue weighted by Crippen LogP contribution is 2.12. The van der Waals surface area contributed by atoms with Crippen LogP contribution in [0, 0.1) is 10.1 Å². The van der Waals surface area contributed by atoms with E-state index in [0.29, 0.717) is 18.8 Å². The molecule has 0 atom stereocenters. The van der Waals surface area contributed by atoms with Crippen LogP contribution in [0.5, 0.6) is 5.75 Å². The zero-order chi connectivity index (χ0) is 10.7. The van der Waals surface area contributed by atoms with Gasteiger partial charge in [0.1, 0.15) is 13.1 Å². The van der Waals surface area contributed by atoms with Gasteiger partial charge in [-0.15, -0.1) is 4.99 Å². The average Bonchev–Trinajstić information content (AvgIpc) is 2.67. The minimum atomic E-state index is -0.546. The Labute approximate surface area is 85.9 Å². The molecule has 0 bridgehead atoms. The second-order valence-electron chi connectivity index (χ2n) is 2.95. The highest BCUT2D eigenvalue weighted by atomic mass is 16.7. The van der Waals surface area contributed by atoms with Crippen LogP contribution in [-0.2, 0) is 0 Å². The molecule has 1 heterocycles. The van der Waals surface area contributed by atoms with Gasteiger partial charge in [-0.2, -0.15) is 0 Å². The largest absolute Gasteiger partial charge is 0.461 e. The van der Waals surface area contributed by atoms with Crippen molar-refractivity contribution in [3.63, 3.8) is 0 Å². The van der Waals surface area contributed by atoms with Crippen LogP contribution in [0.2, 0.25) is 0 Å². The number of hydrogen-bond acceptors (Lipinski definition) is 5. The molecule has 0 spiro atoms. The standard InChI is InChI=1S/C9H9N3O3/c13-12(14)9-10-6-7-11(9)15-8-4-2-1-3-5-8/h1-5H,6-7H2. The minimum absolute atomic E-state index is 0.237. The molecular formula is C9H9N3O3. The van der Waals surface area contributed by atoms with Gasteiger partial charge in [-0.25, -0.2) is 0 Å². The first kappa shape index (κ1) is 9.45. The van der Waals surface area contributed by atoms with Crippen molar-refractivity contribution in [2.24, 2.45) is 4.99 Å². The molecule has 0 amide bonds. The first-order valence-electron chi connectivity index (χ1n) is 4.47. The Morgan fingerprint density at radius 2 is 2.13 bits per heavy atom. The van der Waals surface area contributed by atoms with Crippen LogP contribution in [0.4, 0.5) is 0 Å². The summed E-state index contributed by atoms with van der Waals surface area (Å²) in [6, 6.07) is 8.91. The molecule has 0 fully saturated rings. The van der Waals surface area contributed by atoms with Gasteiger partial charge in [-0.1, -0.05) is 23.3 Å². The Hall–Kier alpha value is -2.11. The average molecular weight is 207 g/mol. The number of rotatable bonds is 2. The molecule has 1 aliphatic heterocycles. The number of aliphatic imine (C=N–C) groups is 1. The second kappa shape index (κ2) is 3.95. The van der Waals surface area contributed by atoms with Crippen molar-refractivity contribution >= 4 is 5.96 Å². The smallest absolute Gasteiger partial charge is 0.390 e. The fourth-order valence-corrected chi connectivity index (χ4v) is 1.26. The van der Waals surface area contributed by atoms with Gasteiger partial charge in [-0.05, 0) is 17.1 Å². The van der Waals surface area contributed by atoms with Gasteiger partial charge < -0.3 is 15.0 Å². The maximum absolute atomic E-state index is 10.6. The molecule has 1 aliphatic rings. The highest BCUT2D eigenvalue weighted by Gasteiger charge is 2.31. The fourth-order valence-electron chi connectivity index (χ4n) is 1.26. The molecule has 6 heteroatoms. The van der Waals surface area contributed by atoms with E-state index in [4.69, 9.17) is 4.84 Å². The van der Waals surface area contributed by atoms with Crippen LogP contribution < -0.4 is 4.84 Å². The summed E-state index contributed by atoms with van der Waals surface area (Å²) in [6.45, 7) is 0.800. The topological polar surface area (TPSA) is 68.0 Å². The van der Waals surface area contributed by atoms with Gasteiger partial charge in [0.05, 0.1) is 0 Å². The molecule has 0 radical (unpaired) electrons. The number of benzene rings is 1. The third-order valence-corrected chi connectivity index (χ3v) is 1.90. The first-order valence-corrected chi connectivity index (χ1v) is 4.47. The van der Waals surface area contributed by atoms with Crippen LogP contribution in [0.1, 0.15) is 0 Å². The predicted octanol–water partition coefficient (Wildman–Crippen LogP) is 0.929. The number of nitrogens with zero attached hydrogens (tertiary/aromatic N) is 3. The zero-order valence-corrected chi connectivity index (χ0v) is 7.87. The van der Waals surface area contributed by atoms with E-state index in [9.17, 15) is 10.1 Å². The van der Waals surface area contributed by atoms with Gasteiger partial charge in [-0.3, -0.25) is 0 Å². The molecule has 78 valence electrons. The van der Waals surface area contributed by atoms with Crippen molar-refractivity contribution in [3.05, 3.63) is 40.4 Å². The van der Waals surface area contributed by atoms with Crippen molar-refractivity contribution in [1.82, 2.24) is 5.06 Å². The van der Waals surface area contributed by atoms with Crippen LogP contribution >= 0.6 is 0 Å². The first-order chi connectivity index (χ1) is 7.27. The van der Waals surface area contributed by atoms with E-state index >= 15 is 0 Å². The lowest BCUT2D eigenvalue weighted by atomic mass is 10.3. The van der Waals surface area contributed by atoms with E-state index in [0.717, 1.165) is 0 Å². The van der Waals surface area contributed by atoms with Gasteiger partial charge in [0.15, 0.2) is 5.75 Å². The Bertz CT molecular complexity index is 391.